The number of carboxylic acids is 1. The number of hydrogen-bond acceptors (Lipinski definition) is 3. The van der Waals surface area contributed by atoms with Crippen molar-refractivity contribution in [1.82, 2.24) is 0 Å². The van der Waals surface area contributed by atoms with E-state index in [1.54, 1.807) is 19.1 Å². The average Bonchev–Trinajstić information content (AvgIpc) is 2.45. The monoisotopic (exact) mass is 272 g/mol. The molecule has 20 heavy (non-hydrogen) atoms. The Balaban J connectivity index is 2.69. The number of aromatic carboxylic acids is 1. The van der Waals surface area contributed by atoms with Gasteiger partial charge in [0.2, 0.25) is 0 Å². The predicted molar refractivity (Wildman–Crippen MR) is 76.2 cm³/mol. The van der Waals surface area contributed by atoms with E-state index in [0.717, 1.165) is 17.4 Å². The molecule has 0 aromatic heterocycles. The summed E-state index contributed by atoms with van der Waals surface area (Å²) in [5.41, 5.74) is 1.22. The van der Waals surface area contributed by atoms with E-state index in [9.17, 15) is 14.7 Å². The Hall–Kier alpha value is -2.36. The van der Waals surface area contributed by atoms with E-state index in [2.05, 4.69) is 0 Å². The van der Waals surface area contributed by atoms with Gasteiger partial charge < -0.3 is 9.84 Å². The van der Waals surface area contributed by atoms with E-state index in [4.69, 9.17) is 4.74 Å². The summed E-state index contributed by atoms with van der Waals surface area (Å²) in [6.07, 6.45) is 0.873. The molecule has 0 amide bonds. The third kappa shape index (κ3) is 2.50. The lowest BCUT2D eigenvalue weighted by Crippen LogP contribution is -2.12. The van der Waals surface area contributed by atoms with Crippen LogP contribution in [0.2, 0.25) is 0 Å². The van der Waals surface area contributed by atoms with Crippen LogP contribution in [0, 0.1) is 0 Å². The van der Waals surface area contributed by atoms with Crippen molar-refractivity contribution in [2.45, 2.75) is 20.3 Å². The molecular weight excluding hydrogens is 256 g/mol. The van der Waals surface area contributed by atoms with Crippen molar-refractivity contribution in [3.8, 4) is 0 Å². The summed E-state index contributed by atoms with van der Waals surface area (Å²) in [5.74, 6) is -1.73. The van der Waals surface area contributed by atoms with E-state index in [1.165, 1.54) is 6.07 Å². The van der Waals surface area contributed by atoms with Gasteiger partial charge in [0.25, 0.3) is 0 Å². The Morgan fingerprint density at radius 3 is 2.50 bits per heavy atom. The molecule has 2 aromatic carbocycles. The second-order valence-corrected chi connectivity index (χ2v) is 4.42. The zero-order valence-corrected chi connectivity index (χ0v) is 11.5. The molecular formula is C16H16O4. The minimum Gasteiger partial charge on any atom is -0.478 e. The van der Waals surface area contributed by atoms with Crippen LogP contribution < -0.4 is 0 Å². The molecule has 0 heterocycles. The normalized spacial score (nSPS) is 10.5. The van der Waals surface area contributed by atoms with Gasteiger partial charge in [0.05, 0.1) is 17.7 Å². The Kier molecular flexibility index (Phi) is 4.03. The minimum absolute atomic E-state index is 0.00334. The number of ether oxygens (including phenoxy) is 1. The van der Waals surface area contributed by atoms with E-state index >= 15 is 0 Å². The zero-order chi connectivity index (χ0) is 14.7. The summed E-state index contributed by atoms with van der Waals surface area (Å²) in [5, 5.41) is 10.8. The van der Waals surface area contributed by atoms with Gasteiger partial charge in [-0.25, -0.2) is 9.59 Å². The first-order valence-electron chi connectivity index (χ1n) is 6.54. The Morgan fingerprint density at radius 2 is 1.90 bits per heavy atom. The molecule has 0 radical (unpaired) electrons. The molecule has 0 spiro atoms. The number of hydrogen-bond donors (Lipinski definition) is 1. The third-order valence-corrected chi connectivity index (χ3v) is 3.20. The minimum atomic E-state index is -1.12. The molecule has 1 N–H and O–H groups in total. The predicted octanol–water partition coefficient (Wildman–Crippen LogP) is 3.28. The topological polar surface area (TPSA) is 63.6 Å². The molecule has 0 aliphatic rings. The summed E-state index contributed by atoms with van der Waals surface area (Å²) >= 11 is 0. The average molecular weight is 272 g/mol. The van der Waals surface area contributed by atoms with Gasteiger partial charge in [-0.05, 0) is 35.7 Å². The van der Waals surface area contributed by atoms with E-state index in [1.807, 2.05) is 19.1 Å². The molecule has 4 nitrogen and oxygen atoms in total. The third-order valence-electron chi connectivity index (χ3n) is 3.20. The summed E-state index contributed by atoms with van der Waals surface area (Å²) in [7, 11) is 0. The largest absolute Gasteiger partial charge is 0.478 e. The van der Waals surface area contributed by atoms with Gasteiger partial charge in [-0.2, -0.15) is 0 Å². The Labute approximate surface area is 117 Å². The van der Waals surface area contributed by atoms with Crippen molar-refractivity contribution in [1.29, 1.82) is 0 Å². The number of carboxylic acid groups (broad SMARTS) is 1. The second kappa shape index (κ2) is 5.74. The first-order chi connectivity index (χ1) is 9.58. The zero-order valence-electron chi connectivity index (χ0n) is 11.5. The second-order valence-electron chi connectivity index (χ2n) is 4.42. The highest BCUT2D eigenvalue weighted by molar-refractivity contribution is 6.12. The number of fused-ring (bicyclic) bond motifs is 1. The van der Waals surface area contributed by atoms with Crippen molar-refractivity contribution in [2.24, 2.45) is 0 Å². The van der Waals surface area contributed by atoms with E-state index in [0.29, 0.717) is 5.39 Å². The molecule has 2 aromatic rings. The van der Waals surface area contributed by atoms with Crippen molar-refractivity contribution >= 4 is 22.7 Å². The fourth-order valence-electron chi connectivity index (χ4n) is 2.21. The molecule has 0 fully saturated rings. The van der Waals surface area contributed by atoms with Crippen molar-refractivity contribution in [3.05, 3.63) is 47.0 Å². The highest BCUT2D eigenvalue weighted by Crippen LogP contribution is 2.25. The lowest BCUT2D eigenvalue weighted by Gasteiger charge is -2.10. The summed E-state index contributed by atoms with van der Waals surface area (Å²) in [6.45, 7) is 3.93. The fraction of sp³-hybridized carbons (Fsp3) is 0.250. The van der Waals surface area contributed by atoms with Gasteiger partial charge >= 0.3 is 11.9 Å². The maximum atomic E-state index is 11.9. The first kappa shape index (κ1) is 14.1. The molecule has 0 saturated heterocycles. The van der Waals surface area contributed by atoms with Crippen LogP contribution in [0.5, 0.6) is 0 Å². The Bertz CT molecular complexity index is 673. The number of carbonyl (C=O) groups is 2. The lowest BCUT2D eigenvalue weighted by molar-refractivity contribution is 0.0515. The molecule has 0 aliphatic carbocycles. The smallest absolute Gasteiger partial charge is 0.339 e. The summed E-state index contributed by atoms with van der Waals surface area (Å²) < 4.78 is 4.91. The molecule has 0 atom stereocenters. The van der Waals surface area contributed by atoms with Gasteiger partial charge in [-0.3, -0.25) is 0 Å². The molecule has 4 heteroatoms. The number of carbonyl (C=O) groups excluding carboxylic acids is 1. The van der Waals surface area contributed by atoms with Crippen LogP contribution in [-0.4, -0.2) is 23.7 Å². The maximum Gasteiger partial charge on any atom is 0.339 e. The van der Waals surface area contributed by atoms with Crippen LogP contribution >= 0.6 is 0 Å². The first-order valence-corrected chi connectivity index (χ1v) is 6.54. The van der Waals surface area contributed by atoms with Gasteiger partial charge in [-0.15, -0.1) is 0 Å². The van der Waals surface area contributed by atoms with Crippen LogP contribution in [0.3, 0.4) is 0 Å². The number of esters is 1. The van der Waals surface area contributed by atoms with E-state index in [-0.39, 0.29) is 17.7 Å². The van der Waals surface area contributed by atoms with Gasteiger partial charge in [0.1, 0.15) is 0 Å². The molecule has 0 saturated carbocycles. The number of rotatable bonds is 4. The van der Waals surface area contributed by atoms with Crippen LogP contribution in [0.1, 0.15) is 40.1 Å². The molecule has 0 bridgehead atoms. The van der Waals surface area contributed by atoms with Crippen LogP contribution in [0.4, 0.5) is 0 Å². The molecule has 2 rings (SSSR count). The van der Waals surface area contributed by atoms with Gasteiger partial charge in [0, 0.05) is 0 Å². The van der Waals surface area contributed by atoms with Crippen molar-refractivity contribution in [2.75, 3.05) is 6.61 Å². The maximum absolute atomic E-state index is 11.9. The van der Waals surface area contributed by atoms with Crippen LogP contribution in [0.25, 0.3) is 10.8 Å². The van der Waals surface area contributed by atoms with Gasteiger partial charge in [-0.1, -0.05) is 31.2 Å². The number of benzene rings is 2. The van der Waals surface area contributed by atoms with Crippen molar-refractivity contribution in [3.63, 3.8) is 0 Å². The van der Waals surface area contributed by atoms with Crippen LogP contribution in [-0.2, 0) is 11.2 Å². The molecule has 0 unspecified atom stereocenters. The highest BCUT2D eigenvalue weighted by Gasteiger charge is 2.20. The summed E-state index contributed by atoms with van der Waals surface area (Å²) in [4.78, 5) is 23.3. The molecule has 104 valence electrons. The number of aryl methyl sites for hydroxylation is 1. The quantitative estimate of drug-likeness (QED) is 0.867. The standard InChI is InChI=1S/C16H16O4/c1-3-10-5-7-12-11(9-10)6-8-13(14(12)15(17)18)16(19)20-4-2/h5-9H,3-4H2,1-2H3,(H,17,18). The van der Waals surface area contributed by atoms with Crippen LogP contribution in [0.15, 0.2) is 30.3 Å². The lowest BCUT2D eigenvalue weighted by atomic mass is 9.97. The highest BCUT2D eigenvalue weighted by atomic mass is 16.5. The fourth-order valence-corrected chi connectivity index (χ4v) is 2.21. The van der Waals surface area contributed by atoms with Gasteiger partial charge in [0.15, 0.2) is 0 Å². The SMILES string of the molecule is CCOC(=O)c1ccc2cc(CC)ccc2c1C(=O)O. The van der Waals surface area contributed by atoms with Crippen molar-refractivity contribution < 1.29 is 19.4 Å². The Morgan fingerprint density at radius 1 is 1.15 bits per heavy atom. The summed E-state index contributed by atoms with van der Waals surface area (Å²) in [6, 6.07) is 8.84. The molecule has 0 aliphatic heterocycles. The van der Waals surface area contributed by atoms with E-state index < -0.39 is 11.9 Å².